The molecule has 1 rings (SSSR count). The molecule has 1 aromatic rings. The Morgan fingerprint density at radius 1 is 1.05 bits per heavy atom. The fraction of sp³-hybridized carbons (Fsp3) is 0.786. The van der Waals surface area contributed by atoms with Gasteiger partial charge in [-0.05, 0) is 45.1 Å². The number of nitrogens with zero attached hydrogens (tertiary/aromatic N) is 3. The molecule has 2 N–H and O–H groups in total. The second-order valence-corrected chi connectivity index (χ2v) is 5.97. The molecule has 1 heterocycles. The van der Waals surface area contributed by atoms with Crippen molar-refractivity contribution in [2.24, 2.45) is 0 Å². The van der Waals surface area contributed by atoms with Crippen LogP contribution in [0, 0.1) is 0 Å². The van der Waals surface area contributed by atoms with Crippen molar-refractivity contribution in [1.29, 1.82) is 0 Å². The predicted molar refractivity (Wildman–Crippen MR) is 90.5 cm³/mol. The lowest BCUT2D eigenvalue weighted by molar-refractivity contribution is 0.222. The summed E-state index contributed by atoms with van der Waals surface area (Å²) in [5, 5.41) is 6.42. The summed E-state index contributed by atoms with van der Waals surface area (Å²) in [7, 11) is 0. The van der Waals surface area contributed by atoms with Crippen molar-refractivity contribution in [2.75, 3.05) is 35.7 Å². The van der Waals surface area contributed by atoms with Gasteiger partial charge in [-0.25, -0.2) is 0 Å². The standard InChI is InChI=1S/C14H27N5OS/c1-5-8-15-12-17-13(16-9-6-7-10-21-4)19-14(18-12)20-11(2)3/h11H,5-10H2,1-4H3,(H2,15,16,17,18,19). The van der Waals surface area contributed by atoms with E-state index in [2.05, 4.69) is 38.8 Å². The van der Waals surface area contributed by atoms with Gasteiger partial charge in [0.15, 0.2) is 0 Å². The zero-order valence-electron chi connectivity index (χ0n) is 13.5. The molecule has 1 aromatic heterocycles. The Morgan fingerprint density at radius 2 is 1.71 bits per heavy atom. The van der Waals surface area contributed by atoms with Crippen molar-refractivity contribution < 1.29 is 4.74 Å². The molecule has 0 saturated heterocycles. The second kappa shape index (κ2) is 10.5. The third-order valence-electron chi connectivity index (χ3n) is 2.55. The van der Waals surface area contributed by atoms with E-state index in [1.165, 1.54) is 12.2 Å². The summed E-state index contributed by atoms with van der Waals surface area (Å²) >= 11 is 1.87. The maximum atomic E-state index is 5.57. The fourth-order valence-corrected chi connectivity index (χ4v) is 2.08. The normalized spacial score (nSPS) is 10.7. The Labute approximate surface area is 131 Å². The van der Waals surface area contributed by atoms with Crippen LogP contribution in [-0.4, -0.2) is 46.2 Å². The fourth-order valence-electron chi connectivity index (χ4n) is 1.59. The Balaban J connectivity index is 2.62. The van der Waals surface area contributed by atoms with Crippen molar-refractivity contribution in [1.82, 2.24) is 15.0 Å². The van der Waals surface area contributed by atoms with Gasteiger partial charge in [0.25, 0.3) is 0 Å². The van der Waals surface area contributed by atoms with Crippen LogP contribution in [0.25, 0.3) is 0 Å². The number of nitrogens with one attached hydrogen (secondary N) is 2. The van der Waals surface area contributed by atoms with Crippen LogP contribution in [-0.2, 0) is 0 Å². The second-order valence-electron chi connectivity index (χ2n) is 4.99. The van der Waals surface area contributed by atoms with E-state index >= 15 is 0 Å². The van der Waals surface area contributed by atoms with Crippen LogP contribution in [0.4, 0.5) is 11.9 Å². The first kappa shape index (κ1) is 17.8. The van der Waals surface area contributed by atoms with Gasteiger partial charge in [-0.2, -0.15) is 26.7 Å². The number of hydrogen-bond acceptors (Lipinski definition) is 7. The Kier molecular flexibility index (Phi) is 8.89. The van der Waals surface area contributed by atoms with Gasteiger partial charge in [-0.15, -0.1) is 0 Å². The van der Waals surface area contributed by atoms with Gasteiger partial charge < -0.3 is 15.4 Å². The average molecular weight is 313 g/mol. The maximum Gasteiger partial charge on any atom is 0.323 e. The number of rotatable bonds is 11. The van der Waals surface area contributed by atoms with Gasteiger partial charge >= 0.3 is 6.01 Å². The highest BCUT2D eigenvalue weighted by molar-refractivity contribution is 7.98. The van der Waals surface area contributed by atoms with E-state index in [9.17, 15) is 0 Å². The van der Waals surface area contributed by atoms with Crippen LogP contribution < -0.4 is 15.4 Å². The number of hydrogen-bond donors (Lipinski definition) is 2. The molecule has 0 aliphatic carbocycles. The Hall–Kier alpha value is -1.24. The van der Waals surface area contributed by atoms with Crippen LogP contribution in [0.5, 0.6) is 6.01 Å². The molecule has 21 heavy (non-hydrogen) atoms. The van der Waals surface area contributed by atoms with Gasteiger partial charge in [0.2, 0.25) is 11.9 Å². The number of ether oxygens (including phenoxy) is 1. The molecule has 120 valence electrons. The lowest BCUT2D eigenvalue weighted by atomic mass is 10.3. The van der Waals surface area contributed by atoms with Crippen LogP contribution in [0.2, 0.25) is 0 Å². The van der Waals surface area contributed by atoms with E-state index in [1.807, 2.05) is 25.6 Å². The van der Waals surface area contributed by atoms with Crippen molar-refractivity contribution in [2.45, 2.75) is 46.1 Å². The van der Waals surface area contributed by atoms with Gasteiger partial charge in [0, 0.05) is 13.1 Å². The van der Waals surface area contributed by atoms with E-state index in [4.69, 9.17) is 4.74 Å². The third-order valence-corrected chi connectivity index (χ3v) is 3.24. The monoisotopic (exact) mass is 313 g/mol. The first-order chi connectivity index (χ1) is 10.2. The largest absolute Gasteiger partial charge is 0.461 e. The Bertz CT molecular complexity index is 403. The van der Waals surface area contributed by atoms with Crippen molar-refractivity contribution in [3.05, 3.63) is 0 Å². The summed E-state index contributed by atoms with van der Waals surface area (Å²) in [5.74, 6) is 2.32. The minimum Gasteiger partial charge on any atom is -0.461 e. The van der Waals surface area contributed by atoms with Crippen LogP contribution >= 0.6 is 11.8 Å². The zero-order valence-corrected chi connectivity index (χ0v) is 14.3. The third kappa shape index (κ3) is 7.94. The molecule has 7 heteroatoms. The lowest BCUT2D eigenvalue weighted by Crippen LogP contribution is -2.14. The molecule has 0 aliphatic heterocycles. The molecular formula is C14H27N5OS. The quantitative estimate of drug-likeness (QED) is 0.608. The summed E-state index contributed by atoms with van der Waals surface area (Å²) in [4.78, 5) is 12.9. The number of unbranched alkanes of at least 4 members (excludes halogenated alkanes) is 1. The van der Waals surface area contributed by atoms with Gasteiger partial charge in [0.05, 0.1) is 6.10 Å². The first-order valence-electron chi connectivity index (χ1n) is 7.55. The topological polar surface area (TPSA) is 72.0 Å². The molecule has 0 spiro atoms. The molecule has 0 bridgehead atoms. The highest BCUT2D eigenvalue weighted by atomic mass is 32.2. The minimum atomic E-state index is 0.0425. The van der Waals surface area contributed by atoms with Crippen molar-refractivity contribution in [3.8, 4) is 6.01 Å². The lowest BCUT2D eigenvalue weighted by Gasteiger charge is -2.12. The molecular weight excluding hydrogens is 286 g/mol. The van der Waals surface area contributed by atoms with E-state index in [-0.39, 0.29) is 6.10 Å². The highest BCUT2D eigenvalue weighted by Crippen LogP contribution is 2.13. The number of anilines is 2. The minimum absolute atomic E-state index is 0.0425. The van der Waals surface area contributed by atoms with E-state index in [0.29, 0.717) is 17.9 Å². The summed E-state index contributed by atoms with van der Waals surface area (Å²) in [5.41, 5.74) is 0. The molecule has 0 radical (unpaired) electrons. The van der Waals surface area contributed by atoms with E-state index in [0.717, 1.165) is 25.9 Å². The molecule has 6 nitrogen and oxygen atoms in total. The van der Waals surface area contributed by atoms with Gasteiger partial charge in [0.1, 0.15) is 0 Å². The van der Waals surface area contributed by atoms with Crippen LogP contribution in [0.3, 0.4) is 0 Å². The van der Waals surface area contributed by atoms with E-state index in [1.54, 1.807) is 0 Å². The van der Waals surface area contributed by atoms with E-state index < -0.39 is 0 Å². The Morgan fingerprint density at radius 3 is 2.29 bits per heavy atom. The molecule has 0 aliphatic rings. The number of aromatic nitrogens is 3. The predicted octanol–water partition coefficient (Wildman–Crippen LogP) is 3.04. The zero-order chi connectivity index (χ0) is 15.5. The molecule has 0 fully saturated rings. The maximum absolute atomic E-state index is 5.57. The van der Waals surface area contributed by atoms with Gasteiger partial charge in [-0.3, -0.25) is 0 Å². The van der Waals surface area contributed by atoms with Crippen LogP contribution in [0.15, 0.2) is 0 Å². The molecule has 0 amide bonds. The average Bonchev–Trinajstić information content (AvgIpc) is 2.44. The molecule has 0 saturated carbocycles. The van der Waals surface area contributed by atoms with Crippen molar-refractivity contribution in [3.63, 3.8) is 0 Å². The summed E-state index contributed by atoms with van der Waals surface area (Å²) in [6.45, 7) is 7.71. The summed E-state index contributed by atoms with van der Waals surface area (Å²) in [6, 6.07) is 0.366. The van der Waals surface area contributed by atoms with Gasteiger partial charge in [-0.1, -0.05) is 6.92 Å². The van der Waals surface area contributed by atoms with Crippen molar-refractivity contribution >= 4 is 23.7 Å². The SMILES string of the molecule is CCCNc1nc(NCCCCSC)nc(OC(C)C)n1. The highest BCUT2D eigenvalue weighted by Gasteiger charge is 2.08. The molecule has 0 unspecified atom stereocenters. The number of thioether (sulfide) groups is 1. The molecule has 0 atom stereocenters. The smallest absolute Gasteiger partial charge is 0.323 e. The summed E-state index contributed by atoms with van der Waals surface area (Å²) < 4.78 is 5.57. The van der Waals surface area contributed by atoms with Crippen LogP contribution in [0.1, 0.15) is 40.0 Å². The molecule has 0 aromatic carbocycles. The first-order valence-corrected chi connectivity index (χ1v) is 8.94. The summed E-state index contributed by atoms with van der Waals surface area (Å²) in [6.07, 6.45) is 5.48.